The molecular formula is C16H33N3O. The highest BCUT2D eigenvalue weighted by Crippen LogP contribution is 2.21. The van der Waals surface area contributed by atoms with Gasteiger partial charge in [0.15, 0.2) is 0 Å². The third-order valence-electron chi connectivity index (χ3n) is 4.91. The van der Waals surface area contributed by atoms with Crippen molar-refractivity contribution >= 4 is 5.91 Å². The first-order valence-electron chi connectivity index (χ1n) is 8.25. The van der Waals surface area contributed by atoms with Crippen LogP contribution < -0.4 is 10.6 Å². The van der Waals surface area contributed by atoms with Crippen molar-refractivity contribution in [1.29, 1.82) is 0 Å². The van der Waals surface area contributed by atoms with E-state index in [0.717, 1.165) is 25.9 Å². The van der Waals surface area contributed by atoms with Crippen LogP contribution in [0.4, 0.5) is 0 Å². The maximum atomic E-state index is 12.3. The number of carbonyl (C=O) groups excluding carboxylic acids is 1. The molecule has 1 aliphatic rings. The molecule has 0 aromatic rings. The van der Waals surface area contributed by atoms with Crippen molar-refractivity contribution in [3.05, 3.63) is 0 Å². The molecule has 4 heteroatoms. The summed E-state index contributed by atoms with van der Waals surface area (Å²) >= 11 is 0. The Balaban J connectivity index is 2.53. The number of carbonyl (C=O) groups is 1. The minimum Gasteiger partial charge on any atom is -0.352 e. The van der Waals surface area contributed by atoms with Gasteiger partial charge in [0.2, 0.25) is 5.91 Å². The number of rotatable bonds is 7. The van der Waals surface area contributed by atoms with Gasteiger partial charge in [-0.15, -0.1) is 0 Å². The zero-order valence-electron chi connectivity index (χ0n) is 13.9. The quantitative estimate of drug-likeness (QED) is 0.751. The van der Waals surface area contributed by atoms with Crippen molar-refractivity contribution in [3.8, 4) is 0 Å². The average Bonchev–Trinajstić information content (AvgIpc) is 2.50. The highest BCUT2D eigenvalue weighted by atomic mass is 16.2. The predicted octanol–water partition coefficient (Wildman–Crippen LogP) is 2.00. The second-order valence-electron chi connectivity index (χ2n) is 6.17. The molecule has 0 aliphatic carbocycles. The first-order valence-corrected chi connectivity index (χ1v) is 8.25. The Labute approximate surface area is 124 Å². The molecule has 0 aromatic heterocycles. The zero-order valence-corrected chi connectivity index (χ0v) is 13.9. The van der Waals surface area contributed by atoms with E-state index in [0.29, 0.717) is 18.0 Å². The van der Waals surface area contributed by atoms with Crippen molar-refractivity contribution in [2.45, 2.75) is 71.5 Å². The van der Waals surface area contributed by atoms with Crippen molar-refractivity contribution in [1.82, 2.24) is 15.5 Å². The molecule has 0 radical (unpaired) electrons. The first-order chi connectivity index (χ1) is 9.53. The summed E-state index contributed by atoms with van der Waals surface area (Å²) in [6.07, 6.45) is 4.47. The van der Waals surface area contributed by atoms with Crippen LogP contribution in [0.25, 0.3) is 0 Å². The first kappa shape index (κ1) is 17.4. The maximum absolute atomic E-state index is 12.3. The van der Waals surface area contributed by atoms with Crippen molar-refractivity contribution in [2.75, 3.05) is 20.1 Å². The Morgan fingerprint density at radius 3 is 2.50 bits per heavy atom. The molecule has 1 aliphatic heterocycles. The molecule has 0 saturated carbocycles. The molecule has 1 fully saturated rings. The van der Waals surface area contributed by atoms with E-state index in [2.05, 4.69) is 36.3 Å². The monoisotopic (exact) mass is 283 g/mol. The lowest BCUT2D eigenvalue weighted by Gasteiger charge is -2.38. The highest BCUT2D eigenvalue weighted by Gasteiger charge is 2.29. The molecule has 1 rings (SSSR count). The number of nitrogens with one attached hydrogen (secondary N) is 2. The van der Waals surface area contributed by atoms with E-state index in [1.54, 1.807) is 0 Å². The molecule has 118 valence electrons. The van der Waals surface area contributed by atoms with Gasteiger partial charge in [-0.05, 0) is 59.0 Å². The topological polar surface area (TPSA) is 44.4 Å². The summed E-state index contributed by atoms with van der Waals surface area (Å²) < 4.78 is 0. The Bertz CT molecular complexity index is 291. The minimum absolute atomic E-state index is 0.0116. The summed E-state index contributed by atoms with van der Waals surface area (Å²) in [5.41, 5.74) is 0. The Hall–Kier alpha value is -0.610. The van der Waals surface area contributed by atoms with Crippen LogP contribution in [0.5, 0.6) is 0 Å². The van der Waals surface area contributed by atoms with Gasteiger partial charge in [0.25, 0.3) is 0 Å². The fraction of sp³-hybridized carbons (Fsp3) is 0.938. The van der Waals surface area contributed by atoms with E-state index in [9.17, 15) is 4.79 Å². The summed E-state index contributed by atoms with van der Waals surface area (Å²) in [7, 11) is 2.02. The van der Waals surface area contributed by atoms with Gasteiger partial charge in [-0.2, -0.15) is 0 Å². The van der Waals surface area contributed by atoms with E-state index in [1.165, 1.54) is 12.8 Å². The molecule has 2 N–H and O–H groups in total. The van der Waals surface area contributed by atoms with Crippen molar-refractivity contribution in [2.24, 2.45) is 5.92 Å². The van der Waals surface area contributed by atoms with Gasteiger partial charge in [0.05, 0.1) is 6.04 Å². The van der Waals surface area contributed by atoms with E-state index in [1.807, 2.05) is 14.0 Å². The molecule has 0 bridgehead atoms. The lowest BCUT2D eigenvalue weighted by atomic mass is 9.91. The fourth-order valence-electron chi connectivity index (χ4n) is 3.02. The maximum Gasteiger partial charge on any atom is 0.237 e. The fourth-order valence-corrected chi connectivity index (χ4v) is 3.02. The van der Waals surface area contributed by atoms with Crippen LogP contribution in [0.15, 0.2) is 0 Å². The molecule has 1 amide bonds. The molecule has 0 spiro atoms. The van der Waals surface area contributed by atoms with Crippen molar-refractivity contribution in [3.63, 3.8) is 0 Å². The van der Waals surface area contributed by atoms with Gasteiger partial charge in [-0.25, -0.2) is 0 Å². The summed E-state index contributed by atoms with van der Waals surface area (Å²) in [6.45, 7) is 10.6. The second kappa shape index (κ2) is 8.63. The van der Waals surface area contributed by atoms with Crippen molar-refractivity contribution < 1.29 is 4.79 Å². The summed E-state index contributed by atoms with van der Waals surface area (Å²) in [6, 6.07) is 0.830. The summed E-state index contributed by atoms with van der Waals surface area (Å²) in [4.78, 5) is 14.7. The van der Waals surface area contributed by atoms with E-state index in [-0.39, 0.29) is 11.9 Å². The van der Waals surface area contributed by atoms with Crippen LogP contribution in [-0.2, 0) is 4.79 Å². The number of nitrogens with zero attached hydrogens (tertiary/aromatic N) is 1. The molecular weight excluding hydrogens is 250 g/mol. The number of hydrogen-bond donors (Lipinski definition) is 2. The molecule has 1 heterocycles. The minimum atomic E-state index is -0.0116. The molecule has 4 nitrogen and oxygen atoms in total. The molecule has 3 unspecified atom stereocenters. The van der Waals surface area contributed by atoms with Crippen LogP contribution in [0.1, 0.15) is 53.4 Å². The Morgan fingerprint density at radius 1 is 1.30 bits per heavy atom. The summed E-state index contributed by atoms with van der Waals surface area (Å²) in [5, 5.41) is 6.52. The molecule has 20 heavy (non-hydrogen) atoms. The number of hydrogen-bond acceptors (Lipinski definition) is 3. The predicted molar refractivity (Wildman–Crippen MR) is 84.8 cm³/mol. The SMILES string of the molecule is CCC(CC)NC(=O)C(C)N1CCCC(C(C)NC)C1. The third kappa shape index (κ3) is 4.74. The lowest BCUT2D eigenvalue weighted by Crippen LogP contribution is -2.53. The smallest absolute Gasteiger partial charge is 0.237 e. The highest BCUT2D eigenvalue weighted by molar-refractivity contribution is 5.81. The van der Waals surface area contributed by atoms with Crippen LogP contribution in [-0.4, -0.2) is 49.1 Å². The van der Waals surface area contributed by atoms with Crippen LogP contribution >= 0.6 is 0 Å². The van der Waals surface area contributed by atoms with Crippen LogP contribution in [0.2, 0.25) is 0 Å². The second-order valence-corrected chi connectivity index (χ2v) is 6.17. The zero-order chi connectivity index (χ0) is 15.1. The van der Waals surface area contributed by atoms with E-state index < -0.39 is 0 Å². The van der Waals surface area contributed by atoms with E-state index >= 15 is 0 Å². The molecule has 0 aromatic carbocycles. The Kier molecular flexibility index (Phi) is 7.52. The van der Waals surface area contributed by atoms with Gasteiger partial charge in [-0.1, -0.05) is 13.8 Å². The van der Waals surface area contributed by atoms with Gasteiger partial charge in [-0.3, -0.25) is 9.69 Å². The average molecular weight is 283 g/mol. The summed E-state index contributed by atoms with van der Waals surface area (Å²) in [5.74, 6) is 0.841. The standard InChI is InChI=1S/C16H33N3O/c1-6-15(7-2)18-16(20)13(4)19-10-8-9-14(11-19)12(3)17-5/h12-15,17H,6-11H2,1-5H3,(H,18,20). The molecule has 3 atom stereocenters. The Morgan fingerprint density at radius 2 is 1.95 bits per heavy atom. The number of piperidine rings is 1. The van der Waals surface area contributed by atoms with Crippen LogP contribution in [0, 0.1) is 5.92 Å². The lowest BCUT2D eigenvalue weighted by molar-refractivity contribution is -0.127. The van der Waals surface area contributed by atoms with E-state index in [4.69, 9.17) is 0 Å². The number of likely N-dealkylation sites (tertiary alicyclic amines) is 1. The van der Waals surface area contributed by atoms with Gasteiger partial charge in [0, 0.05) is 18.6 Å². The van der Waals surface area contributed by atoms with Gasteiger partial charge < -0.3 is 10.6 Å². The molecule has 1 saturated heterocycles. The van der Waals surface area contributed by atoms with Gasteiger partial charge >= 0.3 is 0 Å². The third-order valence-corrected chi connectivity index (χ3v) is 4.91. The number of amides is 1. The largest absolute Gasteiger partial charge is 0.352 e. The normalized spacial score (nSPS) is 23.6. The van der Waals surface area contributed by atoms with Crippen LogP contribution in [0.3, 0.4) is 0 Å². The van der Waals surface area contributed by atoms with Gasteiger partial charge in [0.1, 0.15) is 0 Å².